The minimum Gasteiger partial charge on any atom is -0.394 e. The molecule has 12 heteroatoms. The van der Waals surface area contributed by atoms with Gasteiger partial charge in [-0.3, -0.25) is 4.57 Å². The second kappa shape index (κ2) is 22.5. The first-order chi connectivity index (χ1) is 14.1. The Morgan fingerprint density at radius 1 is 0.483 bits per heavy atom. The molecule has 176 valence electrons. The molecule has 0 amide bonds. The second-order valence-electron chi connectivity index (χ2n) is 5.56. The van der Waals surface area contributed by atoms with Crippen LogP contribution in [0.2, 0.25) is 0 Å². The summed E-state index contributed by atoms with van der Waals surface area (Å²) in [6.45, 7) is 6.21. The van der Waals surface area contributed by atoms with Crippen molar-refractivity contribution < 1.29 is 52.2 Å². The van der Waals surface area contributed by atoms with Gasteiger partial charge in [0, 0.05) is 6.66 Å². The van der Waals surface area contributed by atoms with E-state index in [4.69, 9.17) is 47.7 Å². The largest absolute Gasteiger partial charge is 0.394 e. The van der Waals surface area contributed by atoms with E-state index >= 15 is 0 Å². The Morgan fingerprint density at radius 3 is 1.00 bits per heavy atom. The van der Waals surface area contributed by atoms with E-state index in [-0.39, 0.29) is 39.6 Å². The summed E-state index contributed by atoms with van der Waals surface area (Å²) in [7, 11) is -3.14. The van der Waals surface area contributed by atoms with Crippen LogP contribution < -0.4 is 0 Å². The highest BCUT2D eigenvalue weighted by Crippen LogP contribution is 2.43. The number of ether oxygens (including phenoxy) is 6. The van der Waals surface area contributed by atoms with E-state index in [1.807, 2.05) is 0 Å². The maximum Gasteiger partial charge on any atom is 0.327 e. The third-order valence-electron chi connectivity index (χ3n) is 3.07. The molecule has 0 saturated carbocycles. The first-order valence-corrected chi connectivity index (χ1v) is 11.7. The van der Waals surface area contributed by atoms with E-state index in [2.05, 4.69) is 0 Å². The van der Waals surface area contributed by atoms with Crippen molar-refractivity contribution in [3.63, 3.8) is 0 Å². The molecule has 0 aliphatic carbocycles. The minimum absolute atomic E-state index is 0.000423. The van der Waals surface area contributed by atoms with Gasteiger partial charge in [0.05, 0.1) is 106 Å². The molecular formula is C17H37O11P. The molecule has 2 N–H and O–H groups in total. The molecule has 0 rings (SSSR count). The van der Waals surface area contributed by atoms with Crippen LogP contribution in [0, 0.1) is 0 Å². The summed E-state index contributed by atoms with van der Waals surface area (Å²) in [4.78, 5) is 0. The Bertz CT molecular complexity index is 343. The maximum atomic E-state index is 12.1. The van der Waals surface area contributed by atoms with Gasteiger partial charge in [-0.05, 0) is 0 Å². The second-order valence-corrected chi connectivity index (χ2v) is 7.62. The molecular weight excluding hydrogens is 411 g/mol. The van der Waals surface area contributed by atoms with Gasteiger partial charge in [-0.1, -0.05) is 0 Å². The molecule has 0 spiro atoms. The SMILES string of the molecule is CP(=O)(OCCOCCOCCOCCO)OCCOCCOCCOCCO. The normalized spacial score (nSPS) is 12.0. The van der Waals surface area contributed by atoms with Crippen molar-refractivity contribution in [1.29, 1.82) is 0 Å². The fourth-order valence-electron chi connectivity index (χ4n) is 1.77. The molecule has 0 atom stereocenters. The van der Waals surface area contributed by atoms with Gasteiger partial charge in [-0.2, -0.15) is 0 Å². The maximum absolute atomic E-state index is 12.1. The fraction of sp³-hybridized carbons (Fsp3) is 1.00. The number of aliphatic hydroxyl groups excluding tert-OH is 2. The van der Waals surface area contributed by atoms with Crippen LogP contribution in [0.15, 0.2) is 0 Å². The molecule has 0 bridgehead atoms. The van der Waals surface area contributed by atoms with Gasteiger partial charge in [0.1, 0.15) is 0 Å². The van der Waals surface area contributed by atoms with Crippen LogP contribution in [0.5, 0.6) is 0 Å². The Balaban J connectivity index is 3.31. The molecule has 0 fully saturated rings. The van der Waals surface area contributed by atoms with Crippen LogP contribution in [0.4, 0.5) is 0 Å². The zero-order valence-corrected chi connectivity index (χ0v) is 18.2. The first-order valence-electron chi connectivity index (χ1n) is 9.67. The van der Waals surface area contributed by atoms with Crippen molar-refractivity contribution >= 4 is 7.60 Å². The van der Waals surface area contributed by atoms with Gasteiger partial charge < -0.3 is 47.7 Å². The quantitative estimate of drug-likeness (QED) is 0.152. The summed E-state index contributed by atoms with van der Waals surface area (Å²) in [5, 5.41) is 17.1. The lowest BCUT2D eigenvalue weighted by Gasteiger charge is -2.14. The summed E-state index contributed by atoms with van der Waals surface area (Å²) < 4.78 is 53.7. The Hall–Kier alpha value is -0.170. The lowest BCUT2D eigenvalue weighted by molar-refractivity contribution is -0.000118. The van der Waals surface area contributed by atoms with Crippen LogP contribution >= 0.6 is 7.60 Å². The molecule has 0 aromatic heterocycles. The van der Waals surface area contributed by atoms with Gasteiger partial charge in [0.2, 0.25) is 0 Å². The highest BCUT2D eigenvalue weighted by atomic mass is 31.2. The van der Waals surface area contributed by atoms with E-state index in [0.717, 1.165) is 0 Å². The van der Waals surface area contributed by atoms with E-state index in [9.17, 15) is 4.57 Å². The third kappa shape index (κ3) is 24.0. The summed E-state index contributed by atoms with van der Waals surface area (Å²) in [6.07, 6.45) is 0. The van der Waals surface area contributed by atoms with Crippen molar-refractivity contribution in [2.24, 2.45) is 0 Å². The average Bonchev–Trinajstić information content (AvgIpc) is 2.70. The van der Waals surface area contributed by atoms with Crippen LogP contribution in [0.3, 0.4) is 0 Å². The molecule has 11 nitrogen and oxygen atoms in total. The molecule has 0 radical (unpaired) electrons. The van der Waals surface area contributed by atoms with E-state index in [0.29, 0.717) is 66.1 Å². The van der Waals surface area contributed by atoms with Gasteiger partial charge >= 0.3 is 7.60 Å². The monoisotopic (exact) mass is 448 g/mol. The molecule has 0 aliphatic rings. The Morgan fingerprint density at radius 2 is 0.724 bits per heavy atom. The van der Waals surface area contributed by atoms with E-state index < -0.39 is 7.60 Å². The number of hydrogen-bond acceptors (Lipinski definition) is 11. The molecule has 29 heavy (non-hydrogen) atoms. The number of rotatable bonds is 24. The average molecular weight is 448 g/mol. The van der Waals surface area contributed by atoms with E-state index in [1.165, 1.54) is 6.66 Å². The molecule has 0 saturated heterocycles. The smallest absolute Gasteiger partial charge is 0.327 e. The van der Waals surface area contributed by atoms with Crippen LogP contribution in [0.1, 0.15) is 0 Å². The van der Waals surface area contributed by atoms with Crippen molar-refractivity contribution in [2.45, 2.75) is 0 Å². The van der Waals surface area contributed by atoms with Crippen LogP contribution in [-0.4, -0.2) is 123 Å². The minimum atomic E-state index is -3.14. The summed E-state index contributed by atoms with van der Waals surface area (Å²) in [5.74, 6) is 0. The topological polar surface area (TPSA) is 131 Å². The standard InChI is InChI=1S/C17H37O11P/c1-29(20,27-16-14-25-12-10-23-8-6-21-4-2-18)28-17-15-26-13-11-24-9-7-22-5-3-19/h18-19H,2-17H2,1H3. The fourth-order valence-corrected chi connectivity index (χ4v) is 2.66. The zero-order chi connectivity index (χ0) is 21.5. The summed E-state index contributed by atoms with van der Waals surface area (Å²) in [5.41, 5.74) is 0. The lowest BCUT2D eigenvalue weighted by atomic mass is 10.7. The van der Waals surface area contributed by atoms with Crippen molar-refractivity contribution in [1.82, 2.24) is 0 Å². The van der Waals surface area contributed by atoms with Gasteiger partial charge in [0.25, 0.3) is 0 Å². The number of hydrogen-bond donors (Lipinski definition) is 2. The van der Waals surface area contributed by atoms with Crippen LogP contribution in [0.25, 0.3) is 0 Å². The molecule has 0 aromatic rings. The lowest BCUT2D eigenvalue weighted by Crippen LogP contribution is -2.13. The highest BCUT2D eigenvalue weighted by Gasteiger charge is 2.16. The van der Waals surface area contributed by atoms with Crippen molar-refractivity contribution in [3.8, 4) is 0 Å². The predicted octanol–water partition coefficient (Wildman–Crippen LogP) is -0.0733. The molecule has 0 aromatic carbocycles. The van der Waals surface area contributed by atoms with Crippen LogP contribution in [-0.2, 0) is 42.0 Å². The zero-order valence-electron chi connectivity index (χ0n) is 17.3. The molecule has 0 aliphatic heterocycles. The summed E-state index contributed by atoms with van der Waals surface area (Å²) >= 11 is 0. The van der Waals surface area contributed by atoms with Gasteiger partial charge in [-0.25, -0.2) is 0 Å². The molecule has 0 heterocycles. The highest BCUT2D eigenvalue weighted by molar-refractivity contribution is 7.52. The summed E-state index contributed by atoms with van der Waals surface area (Å²) in [6, 6.07) is 0. The van der Waals surface area contributed by atoms with Crippen molar-refractivity contribution in [2.75, 3.05) is 112 Å². The Labute approximate surface area is 173 Å². The Kier molecular flexibility index (Phi) is 22.4. The van der Waals surface area contributed by atoms with Crippen molar-refractivity contribution in [3.05, 3.63) is 0 Å². The first kappa shape index (κ1) is 28.8. The third-order valence-corrected chi connectivity index (χ3v) is 4.37. The van der Waals surface area contributed by atoms with E-state index in [1.54, 1.807) is 0 Å². The predicted molar refractivity (Wildman–Crippen MR) is 105 cm³/mol. The van der Waals surface area contributed by atoms with Gasteiger partial charge in [-0.15, -0.1) is 0 Å². The van der Waals surface area contributed by atoms with Gasteiger partial charge in [0.15, 0.2) is 0 Å². The molecule has 0 unspecified atom stereocenters. The number of aliphatic hydroxyl groups is 2.